The molecule has 1 N–H and O–H groups in total. The Balaban J connectivity index is 1.59. The number of nitrogens with zero attached hydrogens (tertiary/aromatic N) is 6. The largest absolute Gasteiger partial charge is 0.354 e. The number of pyridine rings is 1. The van der Waals surface area contributed by atoms with Crippen LogP contribution in [-0.2, 0) is 16.1 Å². The number of para-hydroxylation sites is 1. The first-order chi connectivity index (χ1) is 17.3. The van der Waals surface area contributed by atoms with Crippen molar-refractivity contribution in [1.82, 2.24) is 30.5 Å². The van der Waals surface area contributed by atoms with E-state index in [-0.39, 0.29) is 18.4 Å². The topological polar surface area (TPSA) is 106 Å². The molecule has 0 radical (unpaired) electrons. The first kappa shape index (κ1) is 25.0. The van der Waals surface area contributed by atoms with E-state index >= 15 is 0 Å². The number of hydrogen-bond donors (Lipinski definition) is 1. The minimum absolute atomic E-state index is 0.171. The highest BCUT2D eigenvalue weighted by molar-refractivity contribution is 6.01. The fourth-order valence-electron chi connectivity index (χ4n) is 3.85. The molecule has 0 aliphatic carbocycles. The molecule has 0 aliphatic rings. The third-order valence-electron chi connectivity index (χ3n) is 5.95. The van der Waals surface area contributed by atoms with Gasteiger partial charge in [0, 0.05) is 17.5 Å². The molecule has 2 amide bonds. The molecule has 1 atom stereocenters. The quantitative estimate of drug-likeness (QED) is 0.387. The summed E-state index contributed by atoms with van der Waals surface area (Å²) in [4.78, 5) is 33.8. The van der Waals surface area contributed by atoms with Crippen LogP contribution in [0.5, 0.6) is 0 Å². The minimum atomic E-state index is -0.757. The second-order valence-electron chi connectivity index (χ2n) is 9.31. The number of aromatic nitrogens is 5. The van der Waals surface area contributed by atoms with Gasteiger partial charge in [-0.25, -0.2) is 0 Å². The van der Waals surface area contributed by atoms with Crippen molar-refractivity contribution < 1.29 is 9.59 Å². The average Bonchev–Trinajstić information content (AvgIpc) is 3.32. The molecule has 0 bridgehead atoms. The highest BCUT2D eigenvalue weighted by atomic mass is 16.2. The molecule has 9 heteroatoms. The Labute approximate surface area is 210 Å². The second-order valence-corrected chi connectivity index (χ2v) is 9.31. The molecule has 9 nitrogen and oxygen atoms in total. The summed E-state index contributed by atoms with van der Waals surface area (Å²) in [6.07, 6.45) is 2.47. The summed E-state index contributed by atoms with van der Waals surface area (Å²) in [5, 5.41) is 16.4. The molecule has 0 saturated heterocycles. The smallest absolute Gasteiger partial charge is 0.251 e. The summed E-state index contributed by atoms with van der Waals surface area (Å²) < 4.78 is 0. The lowest BCUT2D eigenvalue weighted by Crippen LogP contribution is -2.49. The predicted molar refractivity (Wildman–Crippen MR) is 139 cm³/mol. The first-order valence-corrected chi connectivity index (χ1v) is 12.1. The number of anilines is 1. The van der Waals surface area contributed by atoms with Gasteiger partial charge in [0.2, 0.25) is 11.7 Å². The van der Waals surface area contributed by atoms with Gasteiger partial charge in [-0.15, -0.1) is 10.2 Å². The fraction of sp³-hybridized carbons (Fsp3) is 0.333. The van der Waals surface area contributed by atoms with E-state index in [1.54, 1.807) is 13.1 Å². The van der Waals surface area contributed by atoms with Crippen molar-refractivity contribution in [2.45, 2.75) is 46.7 Å². The van der Waals surface area contributed by atoms with Crippen LogP contribution in [0, 0.1) is 12.8 Å². The molecule has 0 unspecified atom stereocenters. The standard InChI is InChI=1S/C27H31N7O2/c1-18(2)13-14-28-27(36)20(4)34(23-15-22-7-5-6-8-24(22)29-16-23)25(35)17-33-31-26(30-32-33)21-11-9-19(3)10-12-21/h5-12,15-16,18,20H,13-14,17H2,1-4H3,(H,28,36)/t20-/m1/s1. The van der Waals surface area contributed by atoms with Gasteiger partial charge >= 0.3 is 0 Å². The van der Waals surface area contributed by atoms with Gasteiger partial charge in [-0.2, -0.15) is 4.80 Å². The maximum atomic E-state index is 13.6. The van der Waals surface area contributed by atoms with Gasteiger partial charge < -0.3 is 5.32 Å². The maximum Gasteiger partial charge on any atom is 0.251 e. The van der Waals surface area contributed by atoms with Gasteiger partial charge in [0.05, 0.1) is 17.4 Å². The number of amides is 2. The van der Waals surface area contributed by atoms with Crippen LogP contribution in [0.15, 0.2) is 60.8 Å². The van der Waals surface area contributed by atoms with Crippen LogP contribution < -0.4 is 10.2 Å². The van der Waals surface area contributed by atoms with Gasteiger partial charge in [0.25, 0.3) is 5.91 Å². The highest BCUT2D eigenvalue weighted by Gasteiger charge is 2.28. The Morgan fingerprint density at radius 2 is 1.81 bits per heavy atom. The van der Waals surface area contributed by atoms with Crippen LogP contribution in [0.25, 0.3) is 22.3 Å². The number of carbonyl (C=O) groups excluding carboxylic acids is 2. The number of benzene rings is 2. The first-order valence-electron chi connectivity index (χ1n) is 12.1. The molecule has 2 aromatic carbocycles. The second kappa shape index (κ2) is 11.1. The Bertz CT molecular complexity index is 1350. The van der Waals surface area contributed by atoms with Crippen LogP contribution in [0.1, 0.15) is 32.8 Å². The Hall–Kier alpha value is -4.14. The molecule has 2 aromatic heterocycles. The van der Waals surface area contributed by atoms with E-state index in [0.717, 1.165) is 28.5 Å². The number of tetrazole rings is 1. The summed E-state index contributed by atoms with van der Waals surface area (Å²) in [6.45, 7) is 8.29. The van der Waals surface area contributed by atoms with Crippen molar-refractivity contribution in [3.05, 3.63) is 66.4 Å². The van der Waals surface area contributed by atoms with Crippen molar-refractivity contribution in [3.8, 4) is 11.4 Å². The van der Waals surface area contributed by atoms with Crippen molar-refractivity contribution in [3.63, 3.8) is 0 Å². The van der Waals surface area contributed by atoms with Crippen LogP contribution in [0.3, 0.4) is 0 Å². The van der Waals surface area contributed by atoms with E-state index in [1.165, 1.54) is 9.70 Å². The molecule has 4 rings (SSSR count). The highest BCUT2D eigenvalue weighted by Crippen LogP contribution is 2.23. The maximum absolute atomic E-state index is 13.6. The van der Waals surface area contributed by atoms with Crippen LogP contribution in [0.4, 0.5) is 5.69 Å². The zero-order chi connectivity index (χ0) is 25.7. The lowest BCUT2D eigenvalue weighted by molar-refractivity contribution is -0.126. The molecule has 0 saturated carbocycles. The van der Waals surface area contributed by atoms with Crippen LogP contribution in [-0.4, -0.2) is 49.6 Å². The third-order valence-corrected chi connectivity index (χ3v) is 5.95. The van der Waals surface area contributed by atoms with E-state index in [0.29, 0.717) is 24.0 Å². The third kappa shape index (κ3) is 5.91. The molecule has 186 valence electrons. The number of carbonyl (C=O) groups is 2. The van der Waals surface area contributed by atoms with Gasteiger partial charge in [-0.05, 0) is 43.5 Å². The Morgan fingerprint density at radius 3 is 2.56 bits per heavy atom. The lowest BCUT2D eigenvalue weighted by Gasteiger charge is -2.28. The zero-order valence-corrected chi connectivity index (χ0v) is 21.0. The molecule has 0 spiro atoms. The van der Waals surface area contributed by atoms with Gasteiger partial charge in [-0.1, -0.05) is 61.9 Å². The Morgan fingerprint density at radius 1 is 1.06 bits per heavy atom. The van der Waals surface area contributed by atoms with Crippen LogP contribution in [0.2, 0.25) is 0 Å². The normalized spacial score (nSPS) is 12.0. The Kier molecular flexibility index (Phi) is 7.68. The summed E-state index contributed by atoms with van der Waals surface area (Å²) >= 11 is 0. The van der Waals surface area contributed by atoms with E-state index in [4.69, 9.17) is 0 Å². The molecular formula is C27H31N7O2. The zero-order valence-electron chi connectivity index (χ0n) is 21.0. The summed E-state index contributed by atoms with van der Waals surface area (Å²) in [6, 6.07) is 16.5. The molecule has 0 fully saturated rings. The molecule has 0 aliphatic heterocycles. The van der Waals surface area contributed by atoms with E-state index in [1.807, 2.05) is 61.5 Å². The number of rotatable bonds is 9. The minimum Gasteiger partial charge on any atom is -0.354 e. The predicted octanol–water partition coefficient (Wildman–Crippen LogP) is 3.78. The average molecular weight is 486 g/mol. The van der Waals surface area contributed by atoms with E-state index in [2.05, 4.69) is 39.6 Å². The lowest BCUT2D eigenvalue weighted by atomic mass is 10.1. The van der Waals surface area contributed by atoms with E-state index in [9.17, 15) is 9.59 Å². The number of fused-ring (bicyclic) bond motifs is 1. The van der Waals surface area contributed by atoms with Crippen molar-refractivity contribution in [2.24, 2.45) is 5.92 Å². The SMILES string of the molecule is Cc1ccc(-c2nnn(CC(=O)N(c3cnc4ccccc4c3)[C@H](C)C(=O)NCCC(C)C)n2)cc1. The van der Waals surface area contributed by atoms with E-state index < -0.39 is 6.04 Å². The van der Waals surface area contributed by atoms with Gasteiger partial charge in [0.1, 0.15) is 12.6 Å². The monoisotopic (exact) mass is 485 g/mol. The van der Waals surface area contributed by atoms with Gasteiger partial charge in [0.15, 0.2) is 0 Å². The van der Waals surface area contributed by atoms with Crippen molar-refractivity contribution >= 4 is 28.4 Å². The number of nitrogens with one attached hydrogen (secondary N) is 1. The molecule has 4 aromatic rings. The summed E-state index contributed by atoms with van der Waals surface area (Å²) in [7, 11) is 0. The van der Waals surface area contributed by atoms with Gasteiger partial charge in [-0.3, -0.25) is 19.5 Å². The fourth-order valence-corrected chi connectivity index (χ4v) is 3.85. The number of hydrogen-bond acceptors (Lipinski definition) is 6. The molecule has 2 heterocycles. The summed E-state index contributed by atoms with van der Waals surface area (Å²) in [5.41, 5.74) is 3.28. The van der Waals surface area contributed by atoms with Crippen LogP contribution >= 0.6 is 0 Å². The number of aryl methyl sites for hydroxylation is 1. The van der Waals surface area contributed by atoms with Crippen molar-refractivity contribution in [2.75, 3.05) is 11.4 Å². The molecular weight excluding hydrogens is 454 g/mol. The molecule has 36 heavy (non-hydrogen) atoms. The summed E-state index contributed by atoms with van der Waals surface area (Å²) in [5.74, 6) is 0.320. The van der Waals surface area contributed by atoms with Crippen molar-refractivity contribution in [1.29, 1.82) is 0 Å².